The van der Waals surface area contributed by atoms with Gasteiger partial charge in [-0.25, -0.2) is 13.9 Å². The van der Waals surface area contributed by atoms with E-state index in [1.54, 1.807) is 0 Å². The number of phosphoric acid groups is 2. The first-order chi connectivity index (χ1) is 28.9. The van der Waals surface area contributed by atoms with Crippen LogP contribution >= 0.6 is 15.6 Å². The van der Waals surface area contributed by atoms with Crippen LogP contribution in [-0.2, 0) is 46.3 Å². The topological polar surface area (TPSA) is 265 Å². The number of rotatable bonds is 35. The van der Waals surface area contributed by atoms with Gasteiger partial charge in [-0.15, -0.1) is 0 Å². The number of nitrogens with zero attached hydrogens (tertiary/aromatic N) is 2. The molecule has 1 saturated heterocycles. The smallest absolute Gasteiger partial charge is 0.462 e. The van der Waals surface area contributed by atoms with Crippen LogP contribution in [0.4, 0.5) is 5.82 Å². The molecule has 6 N–H and O–H groups in total. The van der Waals surface area contributed by atoms with E-state index in [9.17, 15) is 43.5 Å². The molecule has 0 amide bonds. The predicted molar refractivity (Wildman–Crippen MR) is 229 cm³/mol. The molecule has 1 fully saturated rings. The summed E-state index contributed by atoms with van der Waals surface area (Å²) in [6.45, 7) is 6.66. The van der Waals surface area contributed by atoms with Gasteiger partial charge in [-0.1, -0.05) is 137 Å². The van der Waals surface area contributed by atoms with Gasteiger partial charge < -0.3 is 39.9 Å². The van der Waals surface area contributed by atoms with Gasteiger partial charge in [0, 0.05) is 19.0 Å². The largest absolute Gasteiger partial charge is 0.481 e. The van der Waals surface area contributed by atoms with Crippen molar-refractivity contribution >= 4 is 33.4 Å². The number of carbonyl (C=O) groups is 2. The molecule has 8 atom stereocenters. The number of aromatic nitrogens is 2. The number of unbranched alkanes of at least 4 members (excludes halogenated alkanes) is 14. The maximum absolute atomic E-state index is 12.8. The highest BCUT2D eigenvalue weighted by Crippen LogP contribution is 2.60. The number of phosphoric ester groups is 2. The summed E-state index contributed by atoms with van der Waals surface area (Å²) in [4.78, 5) is 61.6. The van der Waals surface area contributed by atoms with E-state index in [1.165, 1.54) is 63.9 Å². The Kier molecular flexibility index (Phi) is 27.0. The lowest BCUT2D eigenvalue weighted by atomic mass is 9.99. The zero-order chi connectivity index (χ0) is 45.3. The van der Waals surface area contributed by atoms with Gasteiger partial charge in [-0.3, -0.25) is 23.2 Å². The summed E-state index contributed by atoms with van der Waals surface area (Å²) < 4.78 is 56.5. The van der Waals surface area contributed by atoms with Crippen LogP contribution in [0.25, 0.3) is 0 Å². The number of aliphatic hydroxyl groups excluding tert-OH is 2. The zero-order valence-corrected chi connectivity index (χ0v) is 38.6. The van der Waals surface area contributed by atoms with E-state index in [4.69, 9.17) is 29.0 Å². The van der Waals surface area contributed by atoms with Gasteiger partial charge in [0.15, 0.2) is 12.3 Å². The molecule has 2 rings (SSSR count). The van der Waals surface area contributed by atoms with E-state index in [-0.39, 0.29) is 18.7 Å². The van der Waals surface area contributed by atoms with Gasteiger partial charge in [0.1, 0.15) is 30.7 Å². The average Bonchev–Trinajstić information content (AvgIpc) is 3.47. The van der Waals surface area contributed by atoms with Gasteiger partial charge in [0.05, 0.1) is 13.2 Å². The van der Waals surface area contributed by atoms with E-state index < -0.39 is 83.7 Å². The highest BCUT2D eigenvalue weighted by Gasteiger charge is 2.46. The molecule has 1 aliphatic heterocycles. The summed E-state index contributed by atoms with van der Waals surface area (Å²) in [6.07, 6.45) is 13.8. The third-order valence-corrected chi connectivity index (χ3v) is 13.3. The fraction of sp³-hybridized carbons (Fsp3) is 0.854. The minimum atomic E-state index is -5.41. The predicted octanol–water partition coefficient (Wildman–Crippen LogP) is 7.65. The number of nitrogens with two attached hydrogens (primary N) is 1. The minimum absolute atomic E-state index is 0.0537. The van der Waals surface area contributed by atoms with Crippen LogP contribution in [0.3, 0.4) is 0 Å². The Balaban J connectivity index is 1.85. The van der Waals surface area contributed by atoms with Gasteiger partial charge in [0.25, 0.3) is 0 Å². The second kappa shape index (κ2) is 30.0. The number of esters is 2. The van der Waals surface area contributed by atoms with E-state index in [2.05, 4.69) is 37.0 Å². The molecule has 0 aromatic carbocycles. The fourth-order valence-corrected chi connectivity index (χ4v) is 8.88. The van der Waals surface area contributed by atoms with Crippen LogP contribution in [-0.4, -0.2) is 85.7 Å². The highest BCUT2D eigenvalue weighted by atomic mass is 31.3. The van der Waals surface area contributed by atoms with Crippen molar-refractivity contribution in [2.75, 3.05) is 25.6 Å². The Morgan fingerprint density at radius 3 is 1.87 bits per heavy atom. The number of ether oxygens (including phenoxy) is 3. The average molecular weight is 912 g/mol. The number of hydrogen-bond acceptors (Lipinski definition) is 15. The van der Waals surface area contributed by atoms with Crippen LogP contribution in [0.5, 0.6) is 0 Å². The standard InChI is InChI=1S/C41H75N3O15P2/c1-5-32(4)23-19-15-11-7-9-13-17-21-25-37(46)57-33(28-54-36(45)24-20-16-12-8-6-10-14-18-22-31(2)3)29-55-60(50,51)59-61(52,53)56-30-34-38(47)39(48)40(58-34)44-27-26-35(42)43-41(44)49/h26-27,31-34,38-40,47-48H,5-25,28-30H2,1-4H3,(H,50,51)(H,52,53)(H2,42,43,49)/t32?,33-,34-,38+,39?,40-/m1/s1. The van der Waals surface area contributed by atoms with Gasteiger partial charge in [-0.05, 0) is 30.7 Å². The normalized spacial score (nSPS) is 20.9. The van der Waals surface area contributed by atoms with E-state index in [0.29, 0.717) is 12.8 Å². The molecule has 61 heavy (non-hydrogen) atoms. The molecule has 354 valence electrons. The fourth-order valence-electron chi connectivity index (χ4n) is 6.77. The summed E-state index contributed by atoms with van der Waals surface area (Å²) in [6, 6.07) is 1.25. The minimum Gasteiger partial charge on any atom is -0.462 e. The third-order valence-electron chi connectivity index (χ3n) is 10.7. The van der Waals surface area contributed by atoms with Crippen molar-refractivity contribution in [3.05, 3.63) is 22.7 Å². The van der Waals surface area contributed by atoms with E-state index in [1.807, 2.05) is 0 Å². The molecular formula is C41H75N3O15P2. The van der Waals surface area contributed by atoms with Gasteiger partial charge in [-0.2, -0.15) is 9.29 Å². The zero-order valence-electron chi connectivity index (χ0n) is 36.8. The lowest BCUT2D eigenvalue weighted by Gasteiger charge is -2.21. The van der Waals surface area contributed by atoms with Crippen molar-refractivity contribution in [2.45, 2.75) is 193 Å². The van der Waals surface area contributed by atoms with E-state index >= 15 is 0 Å². The first-order valence-corrected chi connectivity index (χ1v) is 25.3. The maximum atomic E-state index is 12.8. The monoisotopic (exact) mass is 911 g/mol. The quantitative estimate of drug-likeness (QED) is 0.0249. The second-order valence-corrected chi connectivity index (χ2v) is 19.7. The summed E-state index contributed by atoms with van der Waals surface area (Å²) in [5.41, 5.74) is 4.58. The molecule has 1 aromatic rings. The van der Waals surface area contributed by atoms with Crippen molar-refractivity contribution in [1.29, 1.82) is 0 Å². The second-order valence-electron chi connectivity index (χ2n) is 16.6. The Labute approximate surface area is 361 Å². The molecule has 0 bridgehead atoms. The summed E-state index contributed by atoms with van der Waals surface area (Å²) >= 11 is 0. The number of anilines is 1. The van der Waals surface area contributed by atoms with E-state index in [0.717, 1.165) is 74.0 Å². The molecule has 0 aliphatic carbocycles. The first kappa shape index (κ1) is 54.9. The highest BCUT2D eigenvalue weighted by molar-refractivity contribution is 7.61. The molecule has 1 aliphatic rings. The van der Waals surface area contributed by atoms with Crippen LogP contribution in [0.15, 0.2) is 17.1 Å². The first-order valence-electron chi connectivity index (χ1n) is 22.3. The maximum Gasteiger partial charge on any atom is 0.481 e. The third kappa shape index (κ3) is 24.4. The SMILES string of the molecule is CCC(C)CCCCCCCCCCC(=O)O[C@H](COC(=O)CCCCCCCCCCC(C)C)COP(=O)(O)OP(=O)(O)OC[C@H]1O[C@@H](n2ccc(N)nc2=O)C(O)[C@H]1O. The van der Waals surface area contributed by atoms with Crippen molar-refractivity contribution < 1.29 is 66.3 Å². The molecule has 4 unspecified atom stereocenters. The van der Waals surface area contributed by atoms with Gasteiger partial charge in [0.2, 0.25) is 0 Å². The van der Waals surface area contributed by atoms with Crippen molar-refractivity contribution in [2.24, 2.45) is 11.8 Å². The van der Waals surface area contributed by atoms with Crippen LogP contribution < -0.4 is 11.4 Å². The number of aliphatic hydroxyl groups is 2. The lowest BCUT2D eigenvalue weighted by molar-refractivity contribution is -0.161. The molecule has 0 saturated carbocycles. The summed E-state index contributed by atoms with van der Waals surface area (Å²) in [5, 5.41) is 20.8. The van der Waals surface area contributed by atoms with Crippen molar-refractivity contribution in [3.63, 3.8) is 0 Å². The molecule has 0 radical (unpaired) electrons. The Morgan fingerprint density at radius 1 is 0.787 bits per heavy atom. The van der Waals surface area contributed by atoms with Crippen molar-refractivity contribution in [1.82, 2.24) is 9.55 Å². The molecule has 1 aromatic heterocycles. The number of nitrogen functional groups attached to an aromatic ring is 1. The summed E-state index contributed by atoms with van der Waals surface area (Å²) in [5.74, 6) is 0.196. The van der Waals surface area contributed by atoms with Crippen LogP contribution in [0, 0.1) is 11.8 Å². The van der Waals surface area contributed by atoms with Crippen LogP contribution in [0.2, 0.25) is 0 Å². The Bertz CT molecular complexity index is 1550. The van der Waals surface area contributed by atoms with Crippen LogP contribution in [0.1, 0.15) is 169 Å². The molecule has 18 nitrogen and oxygen atoms in total. The van der Waals surface area contributed by atoms with Gasteiger partial charge >= 0.3 is 33.3 Å². The molecule has 0 spiro atoms. The number of hydrogen-bond donors (Lipinski definition) is 5. The lowest BCUT2D eigenvalue weighted by Crippen LogP contribution is -2.36. The van der Waals surface area contributed by atoms with Crippen molar-refractivity contribution in [3.8, 4) is 0 Å². The molecule has 20 heteroatoms. The number of carbonyl (C=O) groups excluding carboxylic acids is 2. The molecule has 2 heterocycles. The Hall–Kier alpha value is -2.24. The Morgan fingerprint density at radius 2 is 1.31 bits per heavy atom. The molecular weight excluding hydrogens is 836 g/mol. The summed E-state index contributed by atoms with van der Waals surface area (Å²) in [7, 11) is -10.8.